The van der Waals surface area contributed by atoms with E-state index < -0.39 is 5.97 Å². The maximum atomic E-state index is 12.4. The molecule has 0 radical (unpaired) electrons. The SMILES string of the molecule is O=C(O)[C@@H]1CC[C@H](NC(=O)N2CCCC3CCCC32)C1. The van der Waals surface area contributed by atoms with Crippen molar-refractivity contribution < 1.29 is 14.7 Å². The number of amides is 2. The Labute approximate surface area is 119 Å². The van der Waals surface area contributed by atoms with Crippen molar-refractivity contribution in [2.24, 2.45) is 11.8 Å². The topological polar surface area (TPSA) is 69.6 Å². The number of urea groups is 1. The van der Waals surface area contributed by atoms with Crippen LogP contribution in [0.2, 0.25) is 0 Å². The molecule has 1 heterocycles. The smallest absolute Gasteiger partial charge is 0.317 e. The van der Waals surface area contributed by atoms with Crippen LogP contribution in [0.15, 0.2) is 0 Å². The van der Waals surface area contributed by atoms with Gasteiger partial charge in [-0.2, -0.15) is 0 Å². The molecule has 5 nitrogen and oxygen atoms in total. The zero-order valence-corrected chi connectivity index (χ0v) is 11.9. The summed E-state index contributed by atoms with van der Waals surface area (Å²) in [5, 5.41) is 12.1. The number of fused-ring (bicyclic) bond motifs is 1. The number of nitrogens with one attached hydrogen (secondary N) is 1. The first-order valence-corrected chi connectivity index (χ1v) is 7.95. The summed E-state index contributed by atoms with van der Waals surface area (Å²) in [4.78, 5) is 25.4. The van der Waals surface area contributed by atoms with Gasteiger partial charge in [-0.25, -0.2) is 4.79 Å². The van der Waals surface area contributed by atoms with Crippen LogP contribution >= 0.6 is 0 Å². The Balaban J connectivity index is 1.55. The van der Waals surface area contributed by atoms with Crippen LogP contribution in [0.25, 0.3) is 0 Å². The molecule has 5 heteroatoms. The lowest BCUT2D eigenvalue weighted by atomic mass is 9.92. The third kappa shape index (κ3) is 2.63. The molecule has 1 saturated heterocycles. The van der Waals surface area contributed by atoms with Crippen LogP contribution in [0.4, 0.5) is 4.79 Å². The fraction of sp³-hybridized carbons (Fsp3) is 0.867. The first-order valence-electron chi connectivity index (χ1n) is 7.95. The van der Waals surface area contributed by atoms with Crippen LogP contribution in [0.1, 0.15) is 51.4 Å². The van der Waals surface area contributed by atoms with E-state index in [0.717, 1.165) is 25.8 Å². The van der Waals surface area contributed by atoms with E-state index in [0.29, 0.717) is 24.8 Å². The molecule has 1 aliphatic heterocycles. The van der Waals surface area contributed by atoms with Gasteiger partial charge in [-0.1, -0.05) is 6.42 Å². The summed E-state index contributed by atoms with van der Waals surface area (Å²) < 4.78 is 0. The van der Waals surface area contributed by atoms with Crippen molar-refractivity contribution in [1.29, 1.82) is 0 Å². The van der Waals surface area contributed by atoms with Gasteiger partial charge in [-0.15, -0.1) is 0 Å². The van der Waals surface area contributed by atoms with Crippen LogP contribution in [0, 0.1) is 11.8 Å². The molecule has 2 N–H and O–H groups in total. The Bertz CT molecular complexity index is 399. The molecular formula is C15H24N2O3. The summed E-state index contributed by atoms with van der Waals surface area (Å²) in [5.41, 5.74) is 0. The third-order valence-corrected chi connectivity index (χ3v) is 5.36. The Morgan fingerprint density at radius 3 is 2.60 bits per heavy atom. The lowest BCUT2D eigenvalue weighted by Gasteiger charge is -2.38. The van der Waals surface area contributed by atoms with Gasteiger partial charge in [0.25, 0.3) is 0 Å². The van der Waals surface area contributed by atoms with E-state index in [-0.39, 0.29) is 18.0 Å². The highest BCUT2D eigenvalue weighted by molar-refractivity contribution is 5.76. The van der Waals surface area contributed by atoms with Crippen LogP contribution in [-0.2, 0) is 4.79 Å². The first-order chi connectivity index (χ1) is 9.65. The summed E-state index contributed by atoms with van der Waals surface area (Å²) in [6.07, 6.45) is 8.08. The molecule has 20 heavy (non-hydrogen) atoms. The van der Waals surface area contributed by atoms with Crippen molar-refractivity contribution in [3.05, 3.63) is 0 Å². The van der Waals surface area contributed by atoms with Gasteiger partial charge in [0.1, 0.15) is 0 Å². The minimum atomic E-state index is -0.726. The van der Waals surface area contributed by atoms with Crippen LogP contribution in [0.3, 0.4) is 0 Å². The van der Waals surface area contributed by atoms with Crippen molar-refractivity contribution in [1.82, 2.24) is 10.2 Å². The number of carboxylic acids is 1. The Kier molecular flexibility index (Phi) is 3.85. The molecular weight excluding hydrogens is 256 g/mol. The number of likely N-dealkylation sites (tertiary alicyclic amines) is 1. The van der Waals surface area contributed by atoms with Crippen LogP contribution < -0.4 is 5.32 Å². The van der Waals surface area contributed by atoms with Crippen LogP contribution in [-0.4, -0.2) is 40.6 Å². The fourth-order valence-electron chi connectivity index (χ4n) is 4.30. The molecule has 2 saturated carbocycles. The molecule has 112 valence electrons. The number of nitrogens with zero attached hydrogens (tertiary/aromatic N) is 1. The third-order valence-electron chi connectivity index (χ3n) is 5.36. The van der Waals surface area contributed by atoms with E-state index in [4.69, 9.17) is 5.11 Å². The maximum absolute atomic E-state index is 12.4. The zero-order valence-electron chi connectivity index (χ0n) is 11.9. The Hall–Kier alpha value is -1.26. The number of hydrogen-bond acceptors (Lipinski definition) is 2. The van der Waals surface area contributed by atoms with E-state index in [1.807, 2.05) is 4.90 Å². The zero-order chi connectivity index (χ0) is 14.1. The number of hydrogen-bond donors (Lipinski definition) is 2. The van der Waals surface area contributed by atoms with Gasteiger partial charge in [0.05, 0.1) is 5.92 Å². The molecule has 2 unspecified atom stereocenters. The minimum Gasteiger partial charge on any atom is -0.481 e. The molecule has 2 aliphatic carbocycles. The quantitative estimate of drug-likeness (QED) is 0.815. The van der Waals surface area contributed by atoms with Gasteiger partial charge in [-0.3, -0.25) is 4.79 Å². The number of carboxylic acid groups (broad SMARTS) is 1. The molecule has 4 atom stereocenters. The number of piperidine rings is 1. The van der Waals surface area contributed by atoms with Crippen molar-refractivity contribution in [2.75, 3.05) is 6.54 Å². The van der Waals surface area contributed by atoms with E-state index in [1.54, 1.807) is 0 Å². The summed E-state index contributed by atoms with van der Waals surface area (Å²) in [7, 11) is 0. The summed E-state index contributed by atoms with van der Waals surface area (Å²) >= 11 is 0. The maximum Gasteiger partial charge on any atom is 0.317 e. The number of aliphatic carboxylic acids is 1. The van der Waals surface area contributed by atoms with E-state index in [2.05, 4.69) is 5.32 Å². The second-order valence-corrected chi connectivity index (χ2v) is 6.59. The molecule has 3 fully saturated rings. The average Bonchev–Trinajstić information content (AvgIpc) is 3.05. The van der Waals surface area contributed by atoms with Gasteiger partial charge >= 0.3 is 12.0 Å². The molecule has 0 aromatic carbocycles. The highest BCUT2D eigenvalue weighted by Crippen LogP contribution is 2.37. The van der Waals surface area contributed by atoms with Gasteiger partial charge in [-0.05, 0) is 50.9 Å². The minimum absolute atomic E-state index is 0.0395. The number of carbonyl (C=O) groups excluding carboxylic acids is 1. The highest BCUT2D eigenvalue weighted by atomic mass is 16.4. The predicted octanol–water partition coefficient (Wildman–Crippen LogP) is 2.21. The first kappa shape index (κ1) is 13.7. The van der Waals surface area contributed by atoms with Gasteiger partial charge < -0.3 is 15.3 Å². The number of rotatable bonds is 2. The van der Waals surface area contributed by atoms with E-state index in [9.17, 15) is 9.59 Å². The molecule has 0 spiro atoms. The molecule has 0 aromatic heterocycles. The summed E-state index contributed by atoms with van der Waals surface area (Å²) in [6.45, 7) is 0.863. The van der Waals surface area contributed by atoms with Crippen molar-refractivity contribution in [3.63, 3.8) is 0 Å². The van der Waals surface area contributed by atoms with Crippen molar-refractivity contribution >= 4 is 12.0 Å². The van der Waals surface area contributed by atoms with Crippen molar-refractivity contribution in [3.8, 4) is 0 Å². The van der Waals surface area contributed by atoms with E-state index in [1.165, 1.54) is 19.3 Å². The Morgan fingerprint density at radius 2 is 1.85 bits per heavy atom. The molecule has 2 amide bonds. The second-order valence-electron chi connectivity index (χ2n) is 6.59. The Morgan fingerprint density at radius 1 is 1.05 bits per heavy atom. The second kappa shape index (κ2) is 5.62. The molecule has 3 rings (SSSR count). The highest BCUT2D eigenvalue weighted by Gasteiger charge is 2.38. The van der Waals surface area contributed by atoms with E-state index >= 15 is 0 Å². The monoisotopic (exact) mass is 280 g/mol. The van der Waals surface area contributed by atoms with Gasteiger partial charge in [0.2, 0.25) is 0 Å². The van der Waals surface area contributed by atoms with Gasteiger partial charge in [0.15, 0.2) is 0 Å². The van der Waals surface area contributed by atoms with Crippen LogP contribution in [0.5, 0.6) is 0 Å². The average molecular weight is 280 g/mol. The molecule has 3 aliphatic rings. The molecule has 0 aromatic rings. The summed E-state index contributed by atoms with van der Waals surface area (Å²) in [6, 6.07) is 0.517. The lowest BCUT2D eigenvalue weighted by Crippen LogP contribution is -2.52. The molecule has 0 bridgehead atoms. The lowest BCUT2D eigenvalue weighted by molar-refractivity contribution is -0.141. The largest absolute Gasteiger partial charge is 0.481 e. The standard InChI is InChI=1S/C15H24N2O3/c18-14(19)11-6-7-12(9-11)16-15(20)17-8-2-4-10-3-1-5-13(10)17/h10-13H,1-9H2,(H,16,20)(H,18,19)/t10?,11-,12+,13?/m1/s1. The van der Waals surface area contributed by atoms with Crippen molar-refractivity contribution in [2.45, 2.75) is 63.5 Å². The summed E-state index contributed by atoms with van der Waals surface area (Å²) in [5.74, 6) is -0.304. The normalized spacial score (nSPS) is 36.7. The fourth-order valence-corrected chi connectivity index (χ4v) is 4.30. The predicted molar refractivity (Wildman–Crippen MR) is 74.4 cm³/mol. The van der Waals surface area contributed by atoms with Gasteiger partial charge in [0, 0.05) is 18.6 Å². The number of carbonyl (C=O) groups is 2.